The van der Waals surface area contributed by atoms with E-state index in [0.29, 0.717) is 13.0 Å². The summed E-state index contributed by atoms with van der Waals surface area (Å²) in [5.41, 5.74) is 0. The van der Waals surface area contributed by atoms with Gasteiger partial charge in [-0.25, -0.2) is 8.42 Å². The van der Waals surface area contributed by atoms with E-state index in [4.69, 9.17) is 0 Å². The molecule has 1 heterocycles. The van der Waals surface area contributed by atoms with Crippen LogP contribution in [-0.2, 0) is 14.8 Å². The van der Waals surface area contributed by atoms with E-state index in [0.717, 1.165) is 25.7 Å². The highest BCUT2D eigenvalue weighted by atomic mass is 32.2. The number of hydrogen-bond donors (Lipinski definition) is 0. The third kappa shape index (κ3) is 3.91. The van der Waals surface area contributed by atoms with Crippen LogP contribution in [0.4, 0.5) is 0 Å². The molecule has 0 spiro atoms. The lowest BCUT2D eigenvalue weighted by Crippen LogP contribution is -2.40. The van der Waals surface area contributed by atoms with E-state index in [2.05, 4.69) is 0 Å². The maximum Gasteiger partial charge on any atom is 0.211 e. The Labute approximate surface area is 91.7 Å². The lowest BCUT2D eigenvalue weighted by Gasteiger charge is -2.26. The van der Waals surface area contributed by atoms with Crippen molar-refractivity contribution in [3.63, 3.8) is 0 Å². The Hall–Kier alpha value is -0.420. The van der Waals surface area contributed by atoms with Gasteiger partial charge in [0.25, 0.3) is 0 Å². The van der Waals surface area contributed by atoms with Crippen molar-refractivity contribution in [2.45, 2.75) is 45.1 Å². The van der Waals surface area contributed by atoms with Crippen LogP contribution < -0.4 is 0 Å². The van der Waals surface area contributed by atoms with Gasteiger partial charge in [0, 0.05) is 19.0 Å². The summed E-state index contributed by atoms with van der Waals surface area (Å²) in [6.45, 7) is 2.09. The molecule has 1 atom stereocenters. The predicted octanol–water partition coefficient (Wildman–Crippen LogP) is 1.17. The third-order valence-corrected chi connectivity index (χ3v) is 4.10. The van der Waals surface area contributed by atoms with Crippen molar-refractivity contribution in [2.24, 2.45) is 0 Å². The largest absolute Gasteiger partial charge is 0.300 e. The Kier molecular flexibility index (Phi) is 4.28. The van der Waals surface area contributed by atoms with Gasteiger partial charge in [-0.1, -0.05) is 12.8 Å². The van der Waals surface area contributed by atoms with E-state index in [-0.39, 0.29) is 11.8 Å². The molecule has 4 nitrogen and oxygen atoms in total. The van der Waals surface area contributed by atoms with Gasteiger partial charge in [0.05, 0.1) is 6.26 Å². The molecule has 0 aromatic carbocycles. The van der Waals surface area contributed by atoms with Crippen LogP contribution >= 0.6 is 0 Å². The number of carbonyl (C=O) groups excluding carboxylic acids is 1. The minimum absolute atomic E-state index is 0.0653. The Morgan fingerprint density at radius 2 is 2.00 bits per heavy atom. The molecule has 5 heteroatoms. The van der Waals surface area contributed by atoms with Gasteiger partial charge in [-0.05, 0) is 19.8 Å². The Morgan fingerprint density at radius 3 is 2.53 bits per heavy atom. The van der Waals surface area contributed by atoms with E-state index >= 15 is 0 Å². The minimum Gasteiger partial charge on any atom is -0.300 e. The quantitative estimate of drug-likeness (QED) is 0.735. The molecule has 1 rings (SSSR count). The highest BCUT2D eigenvalue weighted by molar-refractivity contribution is 7.88. The molecule has 1 saturated heterocycles. The van der Waals surface area contributed by atoms with Crippen molar-refractivity contribution < 1.29 is 13.2 Å². The number of carbonyl (C=O) groups is 1. The van der Waals surface area contributed by atoms with E-state index in [1.54, 1.807) is 0 Å². The summed E-state index contributed by atoms with van der Waals surface area (Å²) in [5.74, 6) is 0.0653. The first-order chi connectivity index (χ1) is 6.91. The van der Waals surface area contributed by atoms with Gasteiger partial charge in [0.15, 0.2) is 0 Å². The molecule has 1 unspecified atom stereocenters. The monoisotopic (exact) mass is 233 g/mol. The molecule has 0 aliphatic carbocycles. The van der Waals surface area contributed by atoms with Crippen LogP contribution in [0, 0.1) is 0 Å². The van der Waals surface area contributed by atoms with Crippen molar-refractivity contribution in [3.05, 3.63) is 0 Å². The molecule has 0 radical (unpaired) electrons. The van der Waals surface area contributed by atoms with Gasteiger partial charge in [-0.15, -0.1) is 0 Å². The van der Waals surface area contributed by atoms with Gasteiger partial charge in [-0.2, -0.15) is 4.31 Å². The SMILES string of the molecule is CC(=O)CC1CCCCCN1S(C)(=O)=O. The summed E-state index contributed by atoms with van der Waals surface area (Å²) in [6.07, 6.45) is 5.37. The van der Waals surface area contributed by atoms with Crippen molar-refractivity contribution in [3.8, 4) is 0 Å². The van der Waals surface area contributed by atoms with Crippen LogP contribution in [-0.4, -0.2) is 37.3 Å². The van der Waals surface area contributed by atoms with Crippen molar-refractivity contribution in [2.75, 3.05) is 12.8 Å². The molecule has 0 amide bonds. The molecule has 1 aliphatic rings. The maximum atomic E-state index is 11.5. The van der Waals surface area contributed by atoms with Crippen LogP contribution in [0.25, 0.3) is 0 Å². The molecule has 0 aromatic rings. The number of nitrogens with zero attached hydrogens (tertiary/aromatic N) is 1. The van der Waals surface area contributed by atoms with Crippen LogP contribution in [0.2, 0.25) is 0 Å². The molecule has 1 fully saturated rings. The van der Waals surface area contributed by atoms with Crippen LogP contribution in [0.15, 0.2) is 0 Å². The molecular formula is C10H19NO3S. The minimum atomic E-state index is -3.16. The summed E-state index contributed by atoms with van der Waals surface area (Å²) in [4.78, 5) is 11.1. The number of Topliss-reactive ketones (excluding diaryl/α,β-unsaturated/α-hetero) is 1. The first-order valence-corrected chi connectivity index (χ1v) is 7.22. The van der Waals surface area contributed by atoms with E-state index in [1.165, 1.54) is 17.5 Å². The Bertz CT molecular complexity index is 324. The molecule has 0 N–H and O–H groups in total. The molecule has 0 aromatic heterocycles. The van der Waals surface area contributed by atoms with Crippen LogP contribution in [0.5, 0.6) is 0 Å². The van der Waals surface area contributed by atoms with E-state index < -0.39 is 10.0 Å². The average Bonchev–Trinajstić information content (AvgIpc) is 2.27. The maximum absolute atomic E-state index is 11.5. The summed E-state index contributed by atoms with van der Waals surface area (Å²) in [5, 5.41) is 0. The topological polar surface area (TPSA) is 54.5 Å². The number of hydrogen-bond acceptors (Lipinski definition) is 3. The zero-order chi connectivity index (χ0) is 11.5. The summed E-state index contributed by atoms with van der Waals surface area (Å²) < 4.78 is 24.6. The zero-order valence-electron chi connectivity index (χ0n) is 9.40. The van der Waals surface area contributed by atoms with Gasteiger partial charge in [0.1, 0.15) is 5.78 Å². The second-order valence-electron chi connectivity index (χ2n) is 4.28. The predicted molar refractivity (Wildman–Crippen MR) is 59.1 cm³/mol. The fourth-order valence-electron chi connectivity index (χ4n) is 2.12. The number of sulfonamides is 1. The third-order valence-electron chi connectivity index (χ3n) is 2.77. The fourth-order valence-corrected chi connectivity index (χ4v) is 3.31. The van der Waals surface area contributed by atoms with Gasteiger partial charge in [0.2, 0.25) is 10.0 Å². The number of rotatable bonds is 3. The highest BCUT2D eigenvalue weighted by Gasteiger charge is 2.28. The van der Waals surface area contributed by atoms with Crippen LogP contribution in [0.3, 0.4) is 0 Å². The van der Waals surface area contributed by atoms with E-state index in [1.807, 2.05) is 0 Å². The summed E-state index contributed by atoms with van der Waals surface area (Å²) in [6, 6.07) is -0.111. The van der Waals surface area contributed by atoms with Gasteiger partial charge in [-0.3, -0.25) is 4.79 Å². The normalized spacial score (nSPS) is 24.8. The average molecular weight is 233 g/mol. The smallest absolute Gasteiger partial charge is 0.211 e. The molecular weight excluding hydrogens is 214 g/mol. The highest BCUT2D eigenvalue weighted by Crippen LogP contribution is 2.21. The van der Waals surface area contributed by atoms with Gasteiger partial charge < -0.3 is 0 Å². The van der Waals surface area contributed by atoms with Crippen molar-refractivity contribution >= 4 is 15.8 Å². The van der Waals surface area contributed by atoms with Crippen LogP contribution in [0.1, 0.15) is 39.0 Å². The number of ketones is 1. The zero-order valence-corrected chi connectivity index (χ0v) is 10.2. The molecule has 0 bridgehead atoms. The molecule has 88 valence electrons. The summed E-state index contributed by atoms with van der Waals surface area (Å²) in [7, 11) is -3.16. The second kappa shape index (κ2) is 5.07. The molecule has 0 saturated carbocycles. The van der Waals surface area contributed by atoms with Gasteiger partial charge >= 0.3 is 0 Å². The van der Waals surface area contributed by atoms with E-state index in [9.17, 15) is 13.2 Å². The van der Waals surface area contributed by atoms with Crippen molar-refractivity contribution in [1.29, 1.82) is 0 Å². The fraction of sp³-hybridized carbons (Fsp3) is 0.900. The first-order valence-electron chi connectivity index (χ1n) is 5.37. The Balaban J connectivity index is 2.81. The van der Waals surface area contributed by atoms with Crippen molar-refractivity contribution in [1.82, 2.24) is 4.31 Å². The molecule has 15 heavy (non-hydrogen) atoms. The second-order valence-corrected chi connectivity index (χ2v) is 6.22. The Morgan fingerprint density at radius 1 is 1.33 bits per heavy atom. The summed E-state index contributed by atoms with van der Waals surface area (Å²) >= 11 is 0. The standard InChI is InChI=1S/C10H19NO3S/c1-9(12)8-10-6-4-3-5-7-11(10)15(2,13)14/h10H,3-8H2,1-2H3. The lowest BCUT2D eigenvalue weighted by atomic mass is 10.1. The molecule has 1 aliphatic heterocycles. The lowest BCUT2D eigenvalue weighted by molar-refractivity contribution is -0.117. The first kappa shape index (κ1) is 12.6.